The maximum atomic E-state index is 13.7. The molecule has 0 saturated heterocycles. The first-order valence-corrected chi connectivity index (χ1v) is 6.51. The van der Waals surface area contributed by atoms with E-state index in [1.165, 1.54) is 6.07 Å². The number of ether oxygens (including phenoxy) is 1. The van der Waals surface area contributed by atoms with E-state index in [4.69, 9.17) is 4.74 Å². The molecule has 0 saturated carbocycles. The van der Waals surface area contributed by atoms with E-state index >= 15 is 0 Å². The van der Waals surface area contributed by atoms with E-state index in [-0.39, 0.29) is 18.2 Å². The molecule has 4 heteroatoms. The molecular formula is C14H16BrFO2. The topological polar surface area (TPSA) is 26.3 Å². The van der Waals surface area contributed by atoms with Crippen LogP contribution >= 0.6 is 15.9 Å². The Morgan fingerprint density at radius 3 is 2.72 bits per heavy atom. The van der Waals surface area contributed by atoms with Crippen LogP contribution in [0.4, 0.5) is 4.39 Å². The molecule has 0 fully saturated rings. The second-order valence-corrected chi connectivity index (χ2v) is 4.91. The van der Waals surface area contributed by atoms with Gasteiger partial charge < -0.3 is 4.74 Å². The monoisotopic (exact) mass is 314 g/mol. The average Bonchev–Trinajstić information content (AvgIpc) is 2.28. The van der Waals surface area contributed by atoms with Crippen molar-refractivity contribution in [2.75, 3.05) is 6.61 Å². The average molecular weight is 315 g/mol. The summed E-state index contributed by atoms with van der Waals surface area (Å²) in [5.74, 6) is -1.21. The molecule has 0 N–H and O–H groups in total. The quantitative estimate of drug-likeness (QED) is 0.609. The van der Waals surface area contributed by atoms with Crippen LogP contribution in [0.5, 0.6) is 0 Å². The Balaban J connectivity index is 2.97. The fourth-order valence-electron chi connectivity index (χ4n) is 1.63. The maximum absolute atomic E-state index is 13.7. The van der Waals surface area contributed by atoms with Crippen LogP contribution in [0.1, 0.15) is 19.4 Å². The van der Waals surface area contributed by atoms with Crippen molar-refractivity contribution < 1.29 is 13.9 Å². The third-order valence-corrected chi connectivity index (χ3v) is 3.38. The Labute approximate surface area is 115 Å². The van der Waals surface area contributed by atoms with Crippen molar-refractivity contribution in [2.24, 2.45) is 5.92 Å². The molecule has 0 aliphatic rings. The van der Waals surface area contributed by atoms with Crippen LogP contribution in [-0.4, -0.2) is 12.6 Å². The van der Waals surface area contributed by atoms with E-state index in [9.17, 15) is 9.18 Å². The maximum Gasteiger partial charge on any atom is 0.313 e. The zero-order valence-electron chi connectivity index (χ0n) is 10.5. The van der Waals surface area contributed by atoms with Crippen molar-refractivity contribution >= 4 is 21.9 Å². The molecule has 1 aromatic rings. The Bertz CT molecular complexity index is 437. The molecule has 98 valence electrons. The number of rotatable bonds is 5. The third-order valence-electron chi connectivity index (χ3n) is 2.64. The summed E-state index contributed by atoms with van der Waals surface area (Å²) < 4.78 is 19.3. The highest BCUT2D eigenvalue weighted by Gasteiger charge is 2.23. The van der Waals surface area contributed by atoms with Gasteiger partial charge in [-0.2, -0.15) is 0 Å². The standard InChI is InChI=1S/C14H16BrFO2/c1-4-18-14(17)10(9(2)3)8-11-12(15)6-5-7-13(11)16/h5-7,10H,2,4,8H2,1,3H3/t10-/m1/s1. The van der Waals surface area contributed by atoms with Crippen molar-refractivity contribution in [1.82, 2.24) is 0 Å². The van der Waals surface area contributed by atoms with Gasteiger partial charge >= 0.3 is 5.97 Å². The smallest absolute Gasteiger partial charge is 0.313 e. The fraction of sp³-hybridized carbons (Fsp3) is 0.357. The molecule has 0 heterocycles. The molecule has 18 heavy (non-hydrogen) atoms. The summed E-state index contributed by atoms with van der Waals surface area (Å²) in [6.07, 6.45) is 0.251. The molecule has 0 aliphatic carbocycles. The molecule has 0 bridgehead atoms. The second-order valence-electron chi connectivity index (χ2n) is 4.06. The molecule has 2 nitrogen and oxygen atoms in total. The highest BCUT2D eigenvalue weighted by molar-refractivity contribution is 9.10. The third kappa shape index (κ3) is 3.67. The van der Waals surface area contributed by atoms with E-state index in [2.05, 4.69) is 22.5 Å². The lowest BCUT2D eigenvalue weighted by Crippen LogP contribution is -2.21. The Morgan fingerprint density at radius 2 is 2.22 bits per heavy atom. The molecule has 0 amide bonds. The Hall–Kier alpha value is -1.16. The van der Waals surface area contributed by atoms with Gasteiger partial charge in [0.2, 0.25) is 0 Å². The van der Waals surface area contributed by atoms with Crippen LogP contribution in [-0.2, 0) is 16.0 Å². The number of carbonyl (C=O) groups excluding carboxylic acids is 1. The first kappa shape index (κ1) is 14.9. The van der Waals surface area contributed by atoms with Gasteiger partial charge in [0.1, 0.15) is 5.82 Å². The molecule has 0 radical (unpaired) electrons. The van der Waals surface area contributed by atoms with E-state index in [0.717, 1.165) is 0 Å². The summed E-state index contributed by atoms with van der Waals surface area (Å²) >= 11 is 3.29. The minimum absolute atomic E-state index is 0.251. The molecule has 0 aliphatic heterocycles. The number of carbonyl (C=O) groups is 1. The van der Waals surface area contributed by atoms with Crippen LogP contribution < -0.4 is 0 Å². The van der Waals surface area contributed by atoms with Gasteiger partial charge in [-0.25, -0.2) is 4.39 Å². The van der Waals surface area contributed by atoms with Crippen molar-refractivity contribution in [3.05, 3.63) is 46.2 Å². The molecule has 1 aromatic carbocycles. The first-order valence-electron chi connectivity index (χ1n) is 5.72. The lowest BCUT2D eigenvalue weighted by atomic mass is 9.93. The van der Waals surface area contributed by atoms with Crippen LogP contribution in [0.3, 0.4) is 0 Å². The summed E-state index contributed by atoms with van der Waals surface area (Å²) in [5, 5.41) is 0. The predicted octanol–water partition coefficient (Wildman–Crippen LogP) is 3.89. The fourth-order valence-corrected chi connectivity index (χ4v) is 2.14. The second kappa shape index (κ2) is 6.69. The van der Waals surface area contributed by atoms with Gasteiger partial charge in [-0.3, -0.25) is 4.79 Å². The number of hydrogen-bond donors (Lipinski definition) is 0. The summed E-state index contributed by atoms with van der Waals surface area (Å²) in [7, 11) is 0. The van der Waals surface area contributed by atoms with Gasteiger partial charge in [0, 0.05) is 10.0 Å². The summed E-state index contributed by atoms with van der Waals surface area (Å²) in [6, 6.07) is 4.74. The van der Waals surface area contributed by atoms with Crippen LogP contribution in [0.2, 0.25) is 0 Å². The number of benzene rings is 1. The van der Waals surface area contributed by atoms with Crippen molar-refractivity contribution in [1.29, 1.82) is 0 Å². The molecule has 0 spiro atoms. The van der Waals surface area contributed by atoms with Crippen molar-refractivity contribution in [3.8, 4) is 0 Å². The van der Waals surface area contributed by atoms with Crippen LogP contribution in [0.25, 0.3) is 0 Å². The van der Waals surface area contributed by atoms with Crippen LogP contribution in [0, 0.1) is 11.7 Å². The normalized spacial score (nSPS) is 12.0. The molecule has 1 atom stereocenters. The number of esters is 1. The van der Waals surface area contributed by atoms with E-state index in [1.807, 2.05) is 0 Å². The van der Waals surface area contributed by atoms with E-state index < -0.39 is 5.92 Å². The highest BCUT2D eigenvalue weighted by Crippen LogP contribution is 2.25. The number of hydrogen-bond acceptors (Lipinski definition) is 2. The lowest BCUT2D eigenvalue weighted by molar-refractivity contribution is -0.146. The Kier molecular flexibility index (Phi) is 5.54. The molecule has 1 rings (SSSR count). The minimum atomic E-state index is -0.516. The zero-order valence-corrected chi connectivity index (χ0v) is 12.1. The van der Waals surface area contributed by atoms with Crippen LogP contribution in [0.15, 0.2) is 34.8 Å². The SMILES string of the molecule is C=C(C)[C@@H](Cc1c(F)cccc1Br)C(=O)OCC. The zero-order chi connectivity index (χ0) is 13.7. The van der Waals surface area contributed by atoms with Gasteiger partial charge in [0.25, 0.3) is 0 Å². The lowest BCUT2D eigenvalue weighted by Gasteiger charge is -2.16. The van der Waals surface area contributed by atoms with Gasteiger partial charge in [0.05, 0.1) is 12.5 Å². The predicted molar refractivity (Wildman–Crippen MR) is 72.7 cm³/mol. The molecular weight excluding hydrogens is 299 g/mol. The van der Waals surface area contributed by atoms with Gasteiger partial charge in [-0.15, -0.1) is 0 Å². The van der Waals surface area contributed by atoms with E-state index in [1.54, 1.807) is 26.0 Å². The van der Waals surface area contributed by atoms with E-state index in [0.29, 0.717) is 22.2 Å². The largest absolute Gasteiger partial charge is 0.466 e. The first-order chi connectivity index (χ1) is 8.47. The number of halogens is 2. The summed E-state index contributed by atoms with van der Waals surface area (Å²) in [4.78, 5) is 11.8. The minimum Gasteiger partial charge on any atom is -0.466 e. The summed E-state index contributed by atoms with van der Waals surface area (Å²) in [6.45, 7) is 7.57. The highest BCUT2D eigenvalue weighted by atomic mass is 79.9. The van der Waals surface area contributed by atoms with Gasteiger partial charge in [0.15, 0.2) is 0 Å². The van der Waals surface area contributed by atoms with Crippen molar-refractivity contribution in [2.45, 2.75) is 20.3 Å². The van der Waals surface area contributed by atoms with Crippen molar-refractivity contribution in [3.63, 3.8) is 0 Å². The molecule has 0 unspecified atom stereocenters. The van der Waals surface area contributed by atoms with Gasteiger partial charge in [-0.1, -0.05) is 34.1 Å². The summed E-state index contributed by atoms with van der Waals surface area (Å²) in [5.41, 5.74) is 1.14. The molecule has 0 aromatic heterocycles. The Morgan fingerprint density at radius 1 is 1.56 bits per heavy atom. The van der Waals surface area contributed by atoms with Gasteiger partial charge in [-0.05, 0) is 32.4 Å².